The number of nitrogens with one attached hydrogen (secondary N) is 1. The van der Waals surface area contributed by atoms with Gasteiger partial charge in [0.15, 0.2) is 0 Å². The molecule has 13 heavy (non-hydrogen) atoms. The molecule has 0 radical (unpaired) electrons. The molecule has 80 valence electrons. The minimum atomic E-state index is 0.464. The van der Waals surface area contributed by atoms with E-state index >= 15 is 0 Å². The fraction of sp³-hybridized carbons (Fsp3) is 1.00. The molecule has 0 aromatic heterocycles. The topological polar surface area (TPSA) is 12.0 Å². The normalized spacial score (nSPS) is 14.5. The maximum absolute atomic E-state index is 3.56. The fourth-order valence-corrected chi connectivity index (χ4v) is 1.38. The first-order valence-electron chi connectivity index (χ1n) is 5.72. The summed E-state index contributed by atoms with van der Waals surface area (Å²) in [5, 5.41) is 3.56. The van der Waals surface area contributed by atoms with Crippen LogP contribution in [0, 0.1) is 11.3 Å². The van der Waals surface area contributed by atoms with Crippen LogP contribution in [0.5, 0.6) is 0 Å². The maximum atomic E-state index is 3.56. The van der Waals surface area contributed by atoms with Crippen LogP contribution in [0.4, 0.5) is 0 Å². The van der Waals surface area contributed by atoms with E-state index in [1.807, 2.05) is 0 Å². The molecule has 1 atom stereocenters. The van der Waals surface area contributed by atoms with E-state index in [9.17, 15) is 0 Å². The van der Waals surface area contributed by atoms with Gasteiger partial charge in [0.2, 0.25) is 0 Å². The number of rotatable bonds is 7. The van der Waals surface area contributed by atoms with Crippen molar-refractivity contribution in [1.82, 2.24) is 5.32 Å². The largest absolute Gasteiger partial charge is 0.316 e. The molecule has 0 saturated heterocycles. The van der Waals surface area contributed by atoms with Crippen molar-refractivity contribution in [1.29, 1.82) is 0 Å². The molecule has 1 heteroatoms. The van der Waals surface area contributed by atoms with Crippen LogP contribution >= 0.6 is 0 Å². The molecule has 0 aliphatic rings. The van der Waals surface area contributed by atoms with Crippen LogP contribution in [0.2, 0.25) is 0 Å². The molecule has 1 nitrogen and oxygen atoms in total. The maximum Gasteiger partial charge on any atom is 0.000253 e. The minimum absolute atomic E-state index is 0.464. The zero-order valence-corrected chi connectivity index (χ0v) is 10.1. The summed E-state index contributed by atoms with van der Waals surface area (Å²) in [5.41, 5.74) is 0.464. The van der Waals surface area contributed by atoms with Crippen molar-refractivity contribution in [3.8, 4) is 0 Å². The summed E-state index contributed by atoms with van der Waals surface area (Å²) in [6.45, 7) is 13.8. The number of hydrogen-bond donors (Lipinski definition) is 1. The second-order valence-corrected chi connectivity index (χ2v) is 5.04. The van der Waals surface area contributed by atoms with Crippen LogP contribution in [0.25, 0.3) is 0 Å². The van der Waals surface area contributed by atoms with Gasteiger partial charge in [0, 0.05) is 6.54 Å². The Morgan fingerprint density at radius 1 is 1.23 bits per heavy atom. The van der Waals surface area contributed by atoms with E-state index in [2.05, 4.69) is 39.9 Å². The van der Waals surface area contributed by atoms with Gasteiger partial charge in [-0.25, -0.2) is 0 Å². The lowest BCUT2D eigenvalue weighted by molar-refractivity contribution is 0.316. The summed E-state index contributed by atoms with van der Waals surface area (Å²) in [6, 6.07) is 0. The van der Waals surface area contributed by atoms with Gasteiger partial charge in [-0.15, -0.1) is 0 Å². The van der Waals surface area contributed by atoms with Crippen molar-refractivity contribution < 1.29 is 0 Å². The van der Waals surface area contributed by atoms with Crippen molar-refractivity contribution in [2.45, 2.75) is 53.9 Å². The first-order valence-corrected chi connectivity index (χ1v) is 5.72. The van der Waals surface area contributed by atoms with Crippen LogP contribution in [0.15, 0.2) is 0 Å². The van der Waals surface area contributed by atoms with E-state index in [0.717, 1.165) is 12.5 Å². The van der Waals surface area contributed by atoms with E-state index in [4.69, 9.17) is 0 Å². The Labute approximate surface area is 84.3 Å². The zero-order chi connectivity index (χ0) is 10.3. The molecule has 0 saturated carbocycles. The van der Waals surface area contributed by atoms with Gasteiger partial charge in [0.25, 0.3) is 0 Å². The lowest BCUT2D eigenvalue weighted by Crippen LogP contribution is -2.31. The third kappa shape index (κ3) is 7.06. The summed E-state index contributed by atoms with van der Waals surface area (Å²) >= 11 is 0. The molecule has 0 aromatic carbocycles. The second-order valence-electron chi connectivity index (χ2n) is 5.04. The van der Waals surface area contributed by atoms with Crippen molar-refractivity contribution in [3.05, 3.63) is 0 Å². The Bertz CT molecular complexity index is 118. The van der Waals surface area contributed by atoms with E-state index in [1.165, 1.54) is 25.8 Å². The highest BCUT2D eigenvalue weighted by Crippen LogP contribution is 2.17. The van der Waals surface area contributed by atoms with Crippen molar-refractivity contribution in [3.63, 3.8) is 0 Å². The molecule has 0 heterocycles. The van der Waals surface area contributed by atoms with Crippen LogP contribution < -0.4 is 5.32 Å². The summed E-state index contributed by atoms with van der Waals surface area (Å²) in [7, 11) is 0. The zero-order valence-electron chi connectivity index (χ0n) is 10.1. The second kappa shape index (κ2) is 6.42. The first-order chi connectivity index (χ1) is 6.02. The minimum Gasteiger partial charge on any atom is -0.316 e. The van der Waals surface area contributed by atoms with Gasteiger partial charge in [0.1, 0.15) is 0 Å². The lowest BCUT2D eigenvalue weighted by atomic mass is 9.90. The third-order valence-electron chi connectivity index (χ3n) is 2.83. The van der Waals surface area contributed by atoms with Crippen molar-refractivity contribution >= 4 is 0 Å². The molecule has 0 aliphatic carbocycles. The third-order valence-corrected chi connectivity index (χ3v) is 2.83. The molecule has 0 bridgehead atoms. The van der Waals surface area contributed by atoms with Crippen LogP contribution in [0.3, 0.4) is 0 Å². The summed E-state index contributed by atoms with van der Waals surface area (Å²) in [4.78, 5) is 0. The Balaban J connectivity index is 3.44. The van der Waals surface area contributed by atoms with Gasteiger partial charge in [-0.1, -0.05) is 41.0 Å². The monoisotopic (exact) mass is 185 g/mol. The summed E-state index contributed by atoms with van der Waals surface area (Å²) < 4.78 is 0. The lowest BCUT2D eigenvalue weighted by Gasteiger charge is -2.24. The van der Waals surface area contributed by atoms with Crippen LogP contribution in [-0.4, -0.2) is 13.1 Å². The average molecular weight is 185 g/mol. The summed E-state index contributed by atoms with van der Waals surface area (Å²) in [5.74, 6) is 0.831. The highest BCUT2D eigenvalue weighted by Gasteiger charge is 2.14. The average Bonchev–Trinajstić information content (AvgIpc) is 2.05. The van der Waals surface area contributed by atoms with Gasteiger partial charge in [-0.3, -0.25) is 0 Å². The molecule has 0 spiro atoms. The molecule has 0 aliphatic heterocycles. The van der Waals surface area contributed by atoms with Crippen LogP contribution in [-0.2, 0) is 0 Å². The smallest absolute Gasteiger partial charge is 0.000253 e. The van der Waals surface area contributed by atoms with Gasteiger partial charge in [-0.05, 0) is 30.7 Å². The molecule has 0 fully saturated rings. The molecule has 0 aromatic rings. The Kier molecular flexibility index (Phi) is 6.40. The Morgan fingerprint density at radius 3 is 2.31 bits per heavy atom. The highest BCUT2D eigenvalue weighted by molar-refractivity contribution is 4.70. The quantitative estimate of drug-likeness (QED) is 0.640. The number of hydrogen-bond acceptors (Lipinski definition) is 1. The van der Waals surface area contributed by atoms with Gasteiger partial charge in [-0.2, -0.15) is 0 Å². The molecule has 1 N–H and O–H groups in total. The molecule has 0 amide bonds. The van der Waals surface area contributed by atoms with E-state index in [-0.39, 0.29) is 0 Å². The molecular weight excluding hydrogens is 158 g/mol. The molecule has 1 unspecified atom stereocenters. The Hall–Kier alpha value is -0.0400. The molecular formula is C12H27N. The predicted molar refractivity (Wildman–Crippen MR) is 61.0 cm³/mol. The standard InChI is InChI=1S/C12H27N/c1-6-8-11(3)9-13-10-12(4,5)7-2/h11,13H,6-10H2,1-5H3. The SMILES string of the molecule is CCCC(C)CNCC(C)(C)CC. The van der Waals surface area contributed by atoms with Gasteiger partial charge >= 0.3 is 0 Å². The van der Waals surface area contributed by atoms with Crippen LogP contribution in [0.1, 0.15) is 53.9 Å². The van der Waals surface area contributed by atoms with E-state index in [0.29, 0.717) is 5.41 Å². The van der Waals surface area contributed by atoms with E-state index in [1.54, 1.807) is 0 Å². The highest BCUT2D eigenvalue weighted by atomic mass is 14.9. The molecule has 0 rings (SSSR count). The Morgan fingerprint density at radius 2 is 1.85 bits per heavy atom. The van der Waals surface area contributed by atoms with Crippen molar-refractivity contribution in [2.24, 2.45) is 11.3 Å². The van der Waals surface area contributed by atoms with Gasteiger partial charge in [0.05, 0.1) is 0 Å². The van der Waals surface area contributed by atoms with E-state index < -0.39 is 0 Å². The van der Waals surface area contributed by atoms with Crippen molar-refractivity contribution in [2.75, 3.05) is 13.1 Å². The first kappa shape index (κ1) is 13.0. The van der Waals surface area contributed by atoms with Gasteiger partial charge < -0.3 is 5.32 Å². The predicted octanol–water partition coefficient (Wildman–Crippen LogP) is 3.45. The summed E-state index contributed by atoms with van der Waals surface area (Å²) in [6.07, 6.45) is 3.90. The fourth-order valence-electron chi connectivity index (χ4n) is 1.38.